The van der Waals surface area contributed by atoms with Crippen molar-refractivity contribution in [1.82, 2.24) is 4.31 Å². The lowest BCUT2D eigenvalue weighted by Crippen LogP contribution is -2.31. The van der Waals surface area contributed by atoms with Gasteiger partial charge in [-0.2, -0.15) is 4.31 Å². The predicted octanol–water partition coefficient (Wildman–Crippen LogP) is 3.10. The summed E-state index contributed by atoms with van der Waals surface area (Å²) in [5.74, 6) is 0.133. The molecule has 1 heterocycles. The van der Waals surface area contributed by atoms with Crippen LogP contribution in [0.15, 0.2) is 47.4 Å². The van der Waals surface area contributed by atoms with E-state index in [-0.39, 0.29) is 29.9 Å². The van der Waals surface area contributed by atoms with E-state index in [0.29, 0.717) is 22.0 Å². The SMILES string of the molecule is C[C@@H]1C(=O)Nc2ccc(S(=O)(=O)N(C)CCOc3ccc(Cl)cc3)cc21. The van der Waals surface area contributed by atoms with E-state index in [0.717, 1.165) is 0 Å². The lowest BCUT2D eigenvalue weighted by atomic mass is 10.0. The fraction of sp³-hybridized carbons (Fsp3) is 0.278. The number of amides is 1. The molecule has 0 saturated carbocycles. The number of ether oxygens (including phenoxy) is 1. The first-order valence-corrected chi connectivity index (χ1v) is 9.90. The predicted molar refractivity (Wildman–Crippen MR) is 100 cm³/mol. The van der Waals surface area contributed by atoms with Gasteiger partial charge in [0, 0.05) is 24.3 Å². The molecule has 0 bridgehead atoms. The number of nitrogens with zero attached hydrogens (tertiary/aromatic N) is 1. The lowest BCUT2D eigenvalue weighted by molar-refractivity contribution is -0.116. The summed E-state index contributed by atoms with van der Waals surface area (Å²) in [6.45, 7) is 2.15. The molecule has 6 nitrogen and oxygen atoms in total. The van der Waals surface area contributed by atoms with Gasteiger partial charge in [-0.3, -0.25) is 4.79 Å². The third-order valence-corrected chi connectivity index (χ3v) is 6.44. The maximum Gasteiger partial charge on any atom is 0.242 e. The summed E-state index contributed by atoms with van der Waals surface area (Å²) in [6.07, 6.45) is 0. The van der Waals surface area contributed by atoms with Gasteiger partial charge >= 0.3 is 0 Å². The average Bonchev–Trinajstić information content (AvgIpc) is 2.90. The highest BCUT2D eigenvalue weighted by Gasteiger charge is 2.29. The topological polar surface area (TPSA) is 75.7 Å². The van der Waals surface area contributed by atoms with Gasteiger partial charge in [0.25, 0.3) is 0 Å². The first-order chi connectivity index (χ1) is 12.3. The molecule has 138 valence electrons. The summed E-state index contributed by atoms with van der Waals surface area (Å²) < 4.78 is 32.3. The van der Waals surface area contributed by atoms with Gasteiger partial charge in [0.05, 0.1) is 10.8 Å². The van der Waals surface area contributed by atoms with Crippen LogP contribution in [0.25, 0.3) is 0 Å². The molecule has 2 aromatic rings. The molecule has 0 radical (unpaired) electrons. The molecule has 1 aliphatic rings. The highest BCUT2D eigenvalue weighted by molar-refractivity contribution is 7.89. The Hall–Kier alpha value is -2.09. The quantitative estimate of drug-likeness (QED) is 0.816. The second-order valence-electron chi connectivity index (χ2n) is 6.09. The van der Waals surface area contributed by atoms with Gasteiger partial charge in [-0.05, 0) is 55.0 Å². The van der Waals surface area contributed by atoms with E-state index in [2.05, 4.69) is 5.32 Å². The van der Waals surface area contributed by atoms with Crippen molar-refractivity contribution in [3.63, 3.8) is 0 Å². The number of fused-ring (bicyclic) bond motifs is 1. The maximum absolute atomic E-state index is 12.8. The number of hydrogen-bond acceptors (Lipinski definition) is 4. The van der Waals surface area contributed by atoms with Crippen molar-refractivity contribution >= 4 is 33.2 Å². The van der Waals surface area contributed by atoms with E-state index in [1.54, 1.807) is 43.3 Å². The van der Waals surface area contributed by atoms with Crippen molar-refractivity contribution in [2.75, 3.05) is 25.5 Å². The van der Waals surface area contributed by atoms with Crippen molar-refractivity contribution in [2.45, 2.75) is 17.7 Å². The van der Waals surface area contributed by atoms with E-state index in [9.17, 15) is 13.2 Å². The largest absolute Gasteiger partial charge is 0.492 e. The number of carbonyl (C=O) groups is 1. The molecule has 2 aromatic carbocycles. The third kappa shape index (κ3) is 3.70. The van der Waals surface area contributed by atoms with Crippen LogP contribution >= 0.6 is 11.6 Å². The molecule has 1 amide bonds. The van der Waals surface area contributed by atoms with Gasteiger partial charge in [0.1, 0.15) is 12.4 Å². The molecule has 0 aliphatic carbocycles. The zero-order chi connectivity index (χ0) is 18.9. The Labute approximate surface area is 157 Å². The highest BCUT2D eigenvalue weighted by atomic mass is 35.5. The molecule has 26 heavy (non-hydrogen) atoms. The minimum atomic E-state index is -3.67. The van der Waals surface area contributed by atoms with E-state index in [1.165, 1.54) is 17.4 Å². The lowest BCUT2D eigenvalue weighted by Gasteiger charge is -2.18. The molecule has 3 rings (SSSR count). The van der Waals surface area contributed by atoms with Gasteiger partial charge in [-0.25, -0.2) is 8.42 Å². The zero-order valence-corrected chi connectivity index (χ0v) is 16.0. The smallest absolute Gasteiger partial charge is 0.242 e. The van der Waals surface area contributed by atoms with Crippen LogP contribution in [0, 0.1) is 0 Å². The second-order valence-corrected chi connectivity index (χ2v) is 8.57. The summed E-state index contributed by atoms with van der Waals surface area (Å²) >= 11 is 5.81. The molecule has 8 heteroatoms. The maximum atomic E-state index is 12.8. The summed E-state index contributed by atoms with van der Waals surface area (Å²) in [4.78, 5) is 11.9. The Morgan fingerprint density at radius 1 is 1.19 bits per heavy atom. The van der Waals surface area contributed by atoms with Gasteiger partial charge in [0.2, 0.25) is 15.9 Å². The van der Waals surface area contributed by atoms with Gasteiger partial charge < -0.3 is 10.1 Å². The van der Waals surface area contributed by atoms with Crippen molar-refractivity contribution in [2.24, 2.45) is 0 Å². The van der Waals surface area contributed by atoms with Crippen molar-refractivity contribution in [3.05, 3.63) is 53.1 Å². The van der Waals surface area contributed by atoms with Gasteiger partial charge in [-0.1, -0.05) is 11.6 Å². The molecule has 1 aliphatic heterocycles. The van der Waals surface area contributed by atoms with Crippen LogP contribution in [0.5, 0.6) is 5.75 Å². The Morgan fingerprint density at radius 2 is 1.88 bits per heavy atom. The Kier molecular flexibility index (Phi) is 5.22. The van der Waals surface area contributed by atoms with Gasteiger partial charge in [0.15, 0.2) is 0 Å². The monoisotopic (exact) mass is 394 g/mol. The van der Waals surface area contributed by atoms with Crippen LogP contribution in [0.2, 0.25) is 5.02 Å². The second kappa shape index (κ2) is 7.26. The number of benzene rings is 2. The van der Waals surface area contributed by atoms with Crippen LogP contribution in [0.1, 0.15) is 18.4 Å². The minimum Gasteiger partial charge on any atom is -0.492 e. The molecule has 1 atom stereocenters. The first-order valence-electron chi connectivity index (χ1n) is 8.08. The fourth-order valence-electron chi connectivity index (χ4n) is 2.68. The van der Waals surface area contributed by atoms with Crippen LogP contribution in [-0.2, 0) is 14.8 Å². The van der Waals surface area contributed by atoms with Crippen LogP contribution < -0.4 is 10.1 Å². The van der Waals surface area contributed by atoms with Crippen molar-refractivity contribution in [3.8, 4) is 5.75 Å². The Morgan fingerprint density at radius 3 is 2.58 bits per heavy atom. The van der Waals surface area contributed by atoms with Crippen LogP contribution in [-0.4, -0.2) is 38.8 Å². The number of hydrogen-bond donors (Lipinski definition) is 1. The van der Waals surface area contributed by atoms with E-state index in [1.807, 2.05) is 0 Å². The Balaban J connectivity index is 1.68. The number of sulfonamides is 1. The summed E-state index contributed by atoms with van der Waals surface area (Å²) in [7, 11) is -2.17. The van der Waals surface area contributed by atoms with Crippen LogP contribution in [0.3, 0.4) is 0 Å². The molecule has 0 unspecified atom stereocenters. The standard InChI is InChI=1S/C18H19ClN2O4S/c1-12-16-11-15(7-8-17(16)20-18(12)22)26(23,24)21(2)9-10-25-14-5-3-13(19)4-6-14/h3-8,11-12H,9-10H2,1-2H3,(H,20,22)/t12-/m0/s1. The summed E-state index contributed by atoms with van der Waals surface area (Å²) in [5, 5.41) is 3.34. The number of anilines is 1. The normalized spacial score (nSPS) is 16.5. The molecule has 0 aromatic heterocycles. The molecule has 0 saturated heterocycles. The zero-order valence-electron chi connectivity index (χ0n) is 14.4. The van der Waals surface area contributed by atoms with Crippen molar-refractivity contribution < 1.29 is 17.9 Å². The molecular weight excluding hydrogens is 376 g/mol. The van der Waals surface area contributed by atoms with Crippen LogP contribution in [0.4, 0.5) is 5.69 Å². The van der Waals surface area contributed by atoms with E-state index >= 15 is 0 Å². The number of halogens is 1. The number of rotatable bonds is 6. The third-order valence-electron chi connectivity index (χ3n) is 4.34. The number of likely N-dealkylation sites (N-methyl/N-ethyl adjacent to an activating group) is 1. The molecule has 0 spiro atoms. The molecule has 1 N–H and O–H groups in total. The Bertz CT molecular complexity index is 929. The average molecular weight is 395 g/mol. The summed E-state index contributed by atoms with van der Waals surface area (Å²) in [5.41, 5.74) is 1.36. The first kappa shape index (κ1) is 18.7. The minimum absolute atomic E-state index is 0.126. The molecular formula is C18H19ClN2O4S. The number of carbonyl (C=O) groups excluding carboxylic acids is 1. The van der Waals surface area contributed by atoms with Gasteiger partial charge in [-0.15, -0.1) is 0 Å². The van der Waals surface area contributed by atoms with E-state index < -0.39 is 10.0 Å². The fourth-order valence-corrected chi connectivity index (χ4v) is 4.00. The van der Waals surface area contributed by atoms with Crippen molar-refractivity contribution in [1.29, 1.82) is 0 Å². The number of nitrogens with one attached hydrogen (secondary N) is 1. The van der Waals surface area contributed by atoms with E-state index in [4.69, 9.17) is 16.3 Å². The molecule has 0 fully saturated rings. The highest BCUT2D eigenvalue weighted by Crippen LogP contribution is 2.34. The summed E-state index contributed by atoms with van der Waals surface area (Å²) in [6, 6.07) is 11.6.